The molecule has 46 heavy (non-hydrogen) atoms. The number of benzene rings is 4. The lowest BCUT2D eigenvalue weighted by molar-refractivity contribution is -0.0266. The van der Waals surface area contributed by atoms with Gasteiger partial charge in [-0.25, -0.2) is 9.67 Å². The number of methoxy groups -OCH3 is 1. The summed E-state index contributed by atoms with van der Waals surface area (Å²) in [6.45, 7) is 0.759. The number of carbonyl (C=O) groups excluding carboxylic acids is 1. The van der Waals surface area contributed by atoms with Gasteiger partial charge in [-0.15, -0.1) is 5.10 Å². The summed E-state index contributed by atoms with van der Waals surface area (Å²) in [4.78, 5) is 17.4. The number of primary amides is 1. The minimum atomic E-state index is -0.634. The van der Waals surface area contributed by atoms with Gasteiger partial charge in [0.25, 0.3) is 5.91 Å². The topological polar surface area (TPSA) is 122 Å². The monoisotopic (exact) mass is 611 g/mol. The van der Waals surface area contributed by atoms with Crippen molar-refractivity contribution in [3.63, 3.8) is 0 Å². The molecule has 3 atom stereocenters. The summed E-state index contributed by atoms with van der Waals surface area (Å²) < 4.78 is 16.2. The highest BCUT2D eigenvalue weighted by molar-refractivity contribution is 5.96. The van der Waals surface area contributed by atoms with Crippen molar-refractivity contribution in [2.75, 3.05) is 12.4 Å². The van der Waals surface area contributed by atoms with Gasteiger partial charge in [0.15, 0.2) is 11.9 Å². The molecule has 10 heteroatoms. The Morgan fingerprint density at radius 1 is 0.978 bits per heavy atom. The van der Waals surface area contributed by atoms with Gasteiger partial charge in [-0.2, -0.15) is 0 Å². The van der Waals surface area contributed by atoms with Gasteiger partial charge in [0.2, 0.25) is 0 Å². The second-order valence-corrected chi connectivity index (χ2v) is 11.9. The van der Waals surface area contributed by atoms with Crippen LogP contribution in [-0.4, -0.2) is 43.2 Å². The number of anilines is 1. The van der Waals surface area contributed by atoms with E-state index in [1.807, 2.05) is 36.4 Å². The van der Waals surface area contributed by atoms with Crippen LogP contribution in [0.3, 0.4) is 0 Å². The molecule has 2 aliphatic rings. The van der Waals surface area contributed by atoms with Crippen LogP contribution in [0.2, 0.25) is 0 Å². The largest absolute Gasteiger partial charge is 0.497 e. The third kappa shape index (κ3) is 4.87. The highest BCUT2D eigenvalue weighted by atomic mass is 16.5. The number of fused-ring (bicyclic) bond motifs is 1. The van der Waals surface area contributed by atoms with E-state index >= 15 is 0 Å². The van der Waals surface area contributed by atoms with Gasteiger partial charge in [0.1, 0.15) is 17.3 Å². The summed E-state index contributed by atoms with van der Waals surface area (Å²) >= 11 is 0. The maximum absolute atomic E-state index is 12.3. The van der Waals surface area contributed by atoms with E-state index < -0.39 is 12.1 Å². The van der Waals surface area contributed by atoms with Crippen LogP contribution >= 0.6 is 0 Å². The average Bonchev–Trinajstić information content (AvgIpc) is 3.43. The summed E-state index contributed by atoms with van der Waals surface area (Å²) in [7, 11) is 1.61. The van der Waals surface area contributed by atoms with Crippen molar-refractivity contribution in [2.24, 2.45) is 5.73 Å². The molecule has 0 unspecified atom stereocenters. The number of para-hydroxylation sites is 2. The minimum absolute atomic E-state index is 0.0966. The SMILES string of the molecule is COc1ccc(-c2c(C(N)=O)nnn2[C@H]2CC[C@@]3(C[C@@H]3n3c(-c4ccc(NCc5ccccc5)cc4)nc4ccccc43)O2)cc1. The lowest BCUT2D eigenvalue weighted by Gasteiger charge is -2.18. The fourth-order valence-electron chi connectivity index (χ4n) is 6.70. The predicted octanol–water partition coefficient (Wildman–Crippen LogP) is 6.37. The number of rotatable bonds is 9. The summed E-state index contributed by atoms with van der Waals surface area (Å²) in [5.41, 5.74) is 12.1. The first-order valence-corrected chi connectivity index (χ1v) is 15.5. The zero-order chi connectivity index (χ0) is 31.3. The summed E-state index contributed by atoms with van der Waals surface area (Å²) in [6, 6.07) is 34.6. The first-order chi connectivity index (χ1) is 22.5. The molecule has 2 aromatic heterocycles. The quantitative estimate of drug-likeness (QED) is 0.195. The fourth-order valence-corrected chi connectivity index (χ4v) is 6.70. The number of imidazole rings is 1. The number of amides is 1. The number of hydrogen-bond acceptors (Lipinski definition) is 7. The molecule has 3 heterocycles. The van der Waals surface area contributed by atoms with Gasteiger partial charge in [0, 0.05) is 29.8 Å². The maximum atomic E-state index is 12.3. The van der Waals surface area contributed by atoms with Crippen LogP contribution in [0.1, 0.15) is 47.6 Å². The van der Waals surface area contributed by atoms with Crippen molar-refractivity contribution >= 4 is 22.6 Å². The molecule has 0 radical (unpaired) electrons. The molecule has 6 aromatic rings. The fraction of sp³-hybridized carbons (Fsp3) is 0.222. The third-order valence-corrected chi connectivity index (χ3v) is 9.13. The molecule has 1 saturated heterocycles. The molecule has 3 N–H and O–H groups in total. The molecule has 1 aliphatic carbocycles. The number of nitrogens with one attached hydrogen (secondary N) is 1. The summed E-state index contributed by atoms with van der Waals surface area (Å²) in [5.74, 6) is 0.993. The first-order valence-electron chi connectivity index (χ1n) is 15.5. The molecule has 1 saturated carbocycles. The highest BCUT2D eigenvalue weighted by Crippen LogP contribution is 2.61. The zero-order valence-electron chi connectivity index (χ0n) is 25.3. The van der Waals surface area contributed by atoms with Gasteiger partial charge in [-0.1, -0.05) is 47.7 Å². The highest BCUT2D eigenvalue weighted by Gasteiger charge is 2.62. The molecule has 4 aromatic carbocycles. The van der Waals surface area contributed by atoms with E-state index in [0.717, 1.165) is 59.5 Å². The number of nitrogens with two attached hydrogens (primary N) is 1. The number of hydrogen-bond donors (Lipinski definition) is 2. The Labute approximate surface area is 265 Å². The number of nitrogens with zero attached hydrogens (tertiary/aromatic N) is 5. The van der Waals surface area contributed by atoms with Crippen LogP contribution in [0.25, 0.3) is 33.7 Å². The standard InChI is InChI=1S/C36H33N7O3/c1-45-27-17-13-24(14-18-27)33-32(34(37)44)40-41-43(33)31-19-20-36(46-31)21-30(36)42-29-10-6-5-9-28(29)39-35(42)25-11-15-26(16-12-25)38-22-23-7-3-2-4-8-23/h2-18,30-31,38H,19-22H2,1H3,(H2,37,44)/t30-,31+,36-/m0/s1. The van der Waals surface area contributed by atoms with Crippen molar-refractivity contribution in [1.29, 1.82) is 0 Å². The molecular formula is C36H33N7O3. The lowest BCUT2D eigenvalue weighted by atomic mass is 10.1. The smallest absolute Gasteiger partial charge is 0.271 e. The number of carbonyl (C=O) groups is 1. The molecule has 8 rings (SSSR count). The number of ether oxygens (including phenoxy) is 2. The average molecular weight is 612 g/mol. The van der Waals surface area contributed by atoms with E-state index in [9.17, 15) is 4.79 Å². The third-order valence-electron chi connectivity index (χ3n) is 9.13. The molecule has 230 valence electrons. The molecule has 1 spiro atoms. The second kappa shape index (κ2) is 11.1. The molecule has 10 nitrogen and oxygen atoms in total. The van der Waals surface area contributed by atoms with Crippen LogP contribution in [0.4, 0.5) is 5.69 Å². The van der Waals surface area contributed by atoms with Gasteiger partial charge in [-0.3, -0.25) is 4.79 Å². The second-order valence-electron chi connectivity index (χ2n) is 11.9. The van der Waals surface area contributed by atoms with E-state index in [1.165, 1.54) is 5.56 Å². The molecule has 0 bridgehead atoms. The van der Waals surface area contributed by atoms with Crippen molar-refractivity contribution in [2.45, 2.75) is 43.7 Å². The Bertz CT molecular complexity index is 2040. The lowest BCUT2D eigenvalue weighted by Crippen LogP contribution is -2.18. The van der Waals surface area contributed by atoms with Crippen molar-refractivity contribution < 1.29 is 14.3 Å². The molecule has 2 fully saturated rings. The van der Waals surface area contributed by atoms with Crippen LogP contribution in [0, 0.1) is 0 Å². The van der Waals surface area contributed by atoms with E-state index in [4.69, 9.17) is 20.2 Å². The van der Waals surface area contributed by atoms with Crippen molar-refractivity contribution in [1.82, 2.24) is 24.5 Å². The zero-order valence-corrected chi connectivity index (χ0v) is 25.3. The summed E-state index contributed by atoms with van der Waals surface area (Å²) in [5, 5.41) is 12.0. The van der Waals surface area contributed by atoms with Crippen molar-refractivity contribution in [3.8, 4) is 28.4 Å². The summed E-state index contributed by atoms with van der Waals surface area (Å²) in [6.07, 6.45) is 2.02. The Hall–Kier alpha value is -5.48. The Morgan fingerprint density at radius 2 is 1.72 bits per heavy atom. The van der Waals surface area contributed by atoms with E-state index in [2.05, 4.69) is 86.9 Å². The Morgan fingerprint density at radius 3 is 2.48 bits per heavy atom. The van der Waals surface area contributed by atoms with Gasteiger partial charge in [-0.05, 0) is 79.1 Å². The van der Waals surface area contributed by atoms with Crippen molar-refractivity contribution in [3.05, 3.63) is 114 Å². The van der Waals surface area contributed by atoms with Crippen LogP contribution < -0.4 is 15.8 Å². The van der Waals surface area contributed by atoms with E-state index in [1.54, 1.807) is 11.8 Å². The molecule has 1 amide bonds. The Kier molecular flexibility index (Phi) is 6.79. The van der Waals surface area contributed by atoms with Crippen LogP contribution in [0.15, 0.2) is 103 Å². The predicted molar refractivity (Wildman–Crippen MR) is 175 cm³/mol. The minimum Gasteiger partial charge on any atom is -0.497 e. The van der Waals surface area contributed by atoms with Crippen LogP contribution in [-0.2, 0) is 11.3 Å². The first kappa shape index (κ1) is 28.0. The van der Waals surface area contributed by atoms with E-state index in [-0.39, 0.29) is 17.3 Å². The Balaban J connectivity index is 1.08. The normalized spacial score (nSPS) is 20.3. The van der Waals surface area contributed by atoms with Gasteiger partial charge >= 0.3 is 0 Å². The van der Waals surface area contributed by atoms with Crippen LogP contribution in [0.5, 0.6) is 5.75 Å². The van der Waals surface area contributed by atoms with Gasteiger partial charge < -0.3 is 25.1 Å². The molecular weight excluding hydrogens is 578 g/mol. The number of aromatic nitrogens is 5. The van der Waals surface area contributed by atoms with E-state index in [0.29, 0.717) is 11.4 Å². The maximum Gasteiger partial charge on any atom is 0.271 e. The molecule has 1 aliphatic heterocycles. The van der Waals surface area contributed by atoms with Gasteiger partial charge in [0.05, 0.1) is 29.8 Å².